The third-order valence-electron chi connectivity index (χ3n) is 6.07. The molecule has 0 saturated carbocycles. The fourth-order valence-corrected chi connectivity index (χ4v) is 4.32. The van der Waals surface area contributed by atoms with Crippen LogP contribution < -0.4 is 9.64 Å². The summed E-state index contributed by atoms with van der Waals surface area (Å²) in [6, 6.07) is 16.2. The number of nitrogens with zero attached hydrogens (tertiary/aromatic N) is 3. The second-order valence-corrected chi connectivity index (χ2v) is 8.15. The highest BCUT2D eigenvalue weighted by Gasteiger charge is 2.37. The third-order valence-corrected chi connectivity index (χ3v) is 6.07. The smallest absolute Gasteiger partial charge is 0.228 e. The Bertz CT molecular complexity index is 904. The highest BCUT2D eigenvalue weighted by atomic mass is 16.5. The van der Waals surface area contributed by atoms with Gasteiger partial charge in [-0.25, -0.2) is 0 Å². The van der Waals surface area contributed by atoms with Crippen LogP contribution in [0.2, 0.25) is 0 Å². The summed E-state index contributed by atoms with van der Waals surface area (Å²) in [5, 5.41) is 0. The highest BCUT2D eigenvalue weighted by Crippen LogP contribution is 2.29. The Morgan fingerprint density at radius 2 is 1.73 bits per heavy atom. The molecule has 1 atom stereocenters. The maximum Gasteiger partial charge on any atom is 0.228 e. The van der Waals surface area contributed by atoms with Gasteiger partial charge in [0.25, 0.3) is 0 Å². The Hall–Kier alpha value is -3.02. The number of rotatable bonds is 5. The molecule has 0 aromatic heterocycles. The molecule has 0 unspecified atom stereocenters. The first kappa shape index (κ1) is 20.3. The summed E-state index contributed by atoms with van der Waals surface area (Å²) in [6.07, 6.45) is 0.317. The number of methoxy groups -OCH3 is 1. The molecule has 158 valence electrons. The van der Waals surface area contributed by atoms with Crippen LogP contribution in [-0.2, 0) is 16.1 Å². The van der Waals surface area contributed by atoms with Crippen LogP contribution in [0.3, 0.4) is 0 Å². The molecule has 0 bridgehead atoms. The molecule has 2 fully saturated rings. The van der Waals surface area contributed by atoms with Crippen molar-refractivity contribution >= 4 is 17.5 Å². The molecule has 4 rings (SSSR count). The summed E-state index contributed by atoms with van der Waals surface area (Å²) in [6.45, 7) is 5.99. The summed E-state index contributed by atoms with van der Waals surface area (Å²) < 4.78 is 5.47. The van der Waals surface area contributed by atoms with E-state index in [0.717, 1.165) is 30.1 Å². The van der Waals surface area contributed by atoms with Crippen LogP contribution in [0.1, 0.15) is 17.5 Å². The van der Waals surface area contributed by atoms with Gasteiger partial charge in [0.1, 0.15) is 5.75 Å². The third kappa shape index (κ3) is 4.27. The molecule has 2 aromatic carbocycles. The number of para-hydroxylation sites is 2. The average Bonchev–Trinajstić information content (AvgIpc) is 3.15. The Labute approximate surface area is 178 Å². The predicted octanol–water partition coefficient (Wildman–Crippen LogP) is 2.70. The van der Waals surface area contributed by atoms with Crippen molar-refractivity contribution in [1.82, 2.24) is 9.80 Å². The molecule has 0 N–H and O–H groups in total. The number of anilines is 1. The second-order valence-electron chi connectivity index (χ2n) is 8.15. The van der Waals surface area contributed by atoms with E-state index >= 15 is 0 Å². The molecular formula is C24H29N3O3. The normalized spacial score (nSPS) is 19.3. The van der Waals surface area contributed by atoms with Crippen LogP contribution in [0.4, 0.5) is 5.69 Å². The molecule has 2 amide bonds. The molecule has 0 radical (unpaired) electrons. The predicted molar refractivity (Wildman–Crippen MR) is 116 cm³/mol. The molecular weight excluding hydrogens is 378 g/mol. The van der Waals surface area contributed by atoms with Gasteiger partial charge in [0.05, 0.1) is 18.7 Å². The lowest BCUT2D eigenvalue weighted by Gasteiger charge is -2.37. The number of aryl methyl sites for hydroxylation is 1. The van der Waals surface area contributed by atoms with Crippen LogP contribution >= 0.6 is 0 Å². The molecule has 30 heavy (non-hydrogen) atoms. The van der Waals surface area contributed by atoms with E-state index in [1.54, 1.807) is 7.11 Å². The molecule has 6 nitrogen and oxygen atoms in total. The van der Waals surface area contributed by atoms with Crippen molar-refractivity contribution in [2.24, 2.45) is 5.92 Å². The quantitative estimate of drug-likeness (QED) is 0.765. The fourth-order valence-electron chi connectivity index (χ4n) is 4.32. The number of benzene rings is 2. The van der Waals surface area contributed by atoms with Gasteiger partial charge in [0.2, 0.25) is 11.8 Å². The van der Waals surface area contributed by atoms with Gasteiger partial charge in [0.15, 0.2) is 0 Å². The first-order valence-corrected chi connectivity index (χ1v) is 10.5. The van der Waals surface area contributed by atoms with Crippen LogP contribution in [0.15, 0.2) is 48.5 Å². The number of hydrogen-bond donors (Lipinski definition) is 0. The lowest BCUT2D eigenvalue weighted by atomic mass is 10.1. The summed E-state index contributed by atoms with van der Waals surface area (Å²) in [5.41, 5.74) is 3.37. The fraction of sp³-hybridized carbons (Fsp3) is 0.417. The monoisotopic (exact) mass is 407 g/mol. The Morgan fingerprint density at radius 3 is 2.43 bits per heavy atom. The molecule has 2 aromatic rings. The summed E-state index contributed by atoms with van der Waals surface area (Å²) in [4.78, 5) is 31.5. The van der Waals surface area contributed by atoms with Gasteiger partial charge >= 0.3 is 0 Å². The van der Waals surface area contributed by atoms with Crippen LogP contribution in [0.5, 0.6) is 5.75 Å². The molecule has 2 heterocycles. The zero-order valence-corrected chi connectivity index (χ0v) is 17.7. The van der Waals surface area contributed by atoms with E-state index in [-0.39, 0.29) is 17.7 Å². The maximum atomic E-state index is 13.1. The van der Waals surface area contributed by atoms with E-state index < -0.39 is 0 Å². The summed E-state index contributed by atoms with van der Waals surface area (Å²) in [5.74, 6) is 0.794. The zero-order chi connectivity index (χ0) is 21.1. The van der Waals surface area contributed by atoms with Crippen molar-refractivity contribution in [3.05, 3.63) is 59.7 Å². The van der Waals surface area contributed by atoms with Crippen molar-refractivity contribution < 1.29 is 14.3 Å². The number of amides is 2. The van der Waals surface area contributed by atoms with Gasteiger partial charge in [0, 0.05) is 45.7 Å². The summed E-state index contributed by atoms with van der Waals surface area (Å²) >= 11 is 0. The van der Waals surface area contributed by atoms with Crippen molar-refractivity contribution in [3.8, 4) is 5.75 Å². The molecule has 2 saturated heterocycles. The number of piperazine rings is 1. The summed E-state index contributed by atoms with van der Waals surface area (Å²) in [7, 11) is 1.68. The number of likely N-dealkylation sites (tertiary alicyclic amines) is 1. The van der Waals surface area contributed by atoms with Crippen molar-refractivity contribution in [1.29, 1.82) is 0 Å². The van der Waals surface area contributed by atoms with Gasteiger partial charge < -0.3 is 19.4 Å². The van der Waals surface area contributed by atoms with E-state index in [1.807, 2.05) is 34.9 Å². The van der Waals surface area contributed by atoms with E-state index in [9.17, 15) is 9.59 Å². The first-order chi connectivity index (χ1) is 14.5. The van der Waals surface area contributed by atoms with Gasteiger partial charge in [-0.1, -0.05) is 42.0 Å². The van der Waals surface area contributed by atoms with E-state index in [1.165, 1.54) is 5.56 Å². The highest BCUT2D eigenvalue weighted by molar-refractivity contribution is 5.89. The number of carbonyl (C=O) groups is 2. The van der Waals surface area contributed by atoms with Crippen molar-refractivity contribution in [2.45, 2.75) is 19.9 Å². The minimum atomic E-state index is -0.235. The van der Waals surface area contributed by atoms with Crippen LogP contribution in [-0.4, -0.2) is 61.4 Å². The number of ether oxygens (including phenoxy) is 1. The minimum absolute atomic E-state index is 0.0709. The van der Waals surface area contributed by atoms with E-state index in [0.29, 0.717) is 32.6 Å². The molecule has 2 aliphatic heterocycles. The number of hydrogen-bond acceptors (Lipinski definition) is 4. The largest absolute Gasteiger partial charge is 0.495 e. The average molecular weight is 408 g/mol. The zero-order valence-electron chi connectivity index (χ0n) is 17.7. The maximum absolute atomic E-state index is 13.1. The Balaban J connectivity index is 1.33. The Morgan fingerprint density at radius 1 is 1.03 bits per heavy atom. The lowest BCUT2D eigenvalue weighted by molar-refractivity contribution is -0.136. The van der Waals surface area contributed by atoms with Crippen molar-refractivity contribution in [3.63, 3.8) is 0 Å². The number of carbonyl (C=O) groups excluding carboxylic acids is 2. The molecule has 0 aliphatic carbocycles. The van der Waals surface area contributed by atoms with Gasteiger partial charge in [-0.15, -0.1) is 0 Å². The minimum Gasteiger partial charge on any atom is -0.495 e. The lowest BCUT2D eigenvalue weighted by Crippen LogP contribution is -2.50. The standard InChI is InChI=1S/C24H29N3O3/c1-18-7-9-19(10-8-18)16-27-17-20(15-23(27)28)24(29)26-13-11-25(12-14-26)21-5-3-4-6-22(21)30-2/h3-10,20H,11-17H2,1-2H3/t20-/m1/s1. The van der Waals surface area contributed by atoms with E-state index in [2.05, 4.69) is 35.2 Å². The first-order valence-electron chi connectivity index (χ1n) is 10.5. The van der Waals surface area contributed by atoms with Gasteiger partial charge in [-0.2, -0.15) is 0 Å². The van der Waals surface area contributed by atoms with Gasteiger partial charge in [-0.05, 0) is 24.6 Å². The molecule has 2 aliphatic rings. The SMILES string of the molecule is COc1ccccc1N1CCN(C(=O)[C@@H]2CC(=O)N(Cc3ccc(C)cc3)C2)CC1. The van der Waals surface area contributed by atoms with Crippen LogP contribution in [0, 0.1) is 12.8 Å². The Kier molecular flexibility index (Phi) is 5.93. The van der Waals surface area contributed by atoms with Crippen molar-refractivity contribution in [2.75, 3.05) is 44.7 Å². The molecule has 0 spiro atoms. The van der Waals surface area contributed by atoms with E-state index in [4.69, 9.17) is 4.74 Å². The topological polar surface area (TPSA) is 53.1 Å². The van der Waals surface area contributed by atoms with Crippen LogP contribution in [0.25, 0.3) is 0 Å². The second kappa shape index (κ2) is 8.78. The van der Waals surface area contributed by atoms with Gasteiger partial charge in [-0.3, -0.25) is 9.59 Å². The molecule has 6 heteroatoms.